The molecular formula is C13H17N5O. The number of anilines is 1. The molecule has 1 atom stereocenters. The lowest BCUT2D eigenvalue weighted by Gasteiger charge is -2.09. The molecule has 5 N–H and O–H groups in total. The van der Waals surface area contributed by atoms with Crippen LogP contribution < -0.4 is 16.4 Å². The summed E-state index contributed by atoms with van der Waals surface area (Å²) < 4.78 is 0. The summed E-state index contributed by atoms with van der Waals surface area (Å²) in [6.07, 6.45) is 3.35. The van der Waals surface area contributed by atoms with Crippen molar-refractivity contribution in [2.75, 3.05) is 5.32 Å². The number of urea groups is 1. The molecule has 0 saturated carbocycles. The number of rotatable bonds is 4. The normalized spacial score (nSPS) is 11.9. The molecule has 0 bridgehead atoms. The smallest absolute Gasteiger partial charge is 0.319 e. The lowest BCUT2D eigenvalue weighted by molar-refractivity contribution is 0.251. The molecule has 2 aromatic rings. The lowest BCUT2D eigenvalue weighted by atomic mass is 10.1. The van der Waals surface area contributed by atoms with Crippen LogP contribution in [0.15, 0.2) is 36.7 Å². The molecule has 2 rings (SSSR count). The largest absolute Gasteiger partial charge is 0.347 e. The fraction of sp³-hybridized carbons (Fsp3) is 0.231. The van der Waals surface area contributed by atoms with Crippen molar-refractivity contribution in [1.82, 2.24) is 15.3 Å². The van der Waals surface area contributed by atoms with Crippen LogP contribution in [-0.4, -0.2) is 16.0 Å². The Bertz CT molecular complexity index is 518. The summed E-state index contributed by atoms with van der Waals surface area (Å²) in [6.45, 7) is 2.27. The van der Waals surface area contributed by atoms with Crippen molar-refractivity contribution in [3.63, 3.8) is 0 Å². The van der Waals surface area contributed by atoms with Crippen LogP contribution in [0.25, 0.3) is 0 Å². The highest BCUT2D eigenvalue weighted by atomic mass is 16.2. The number of hydrogen-bond acceptors (Lipinski definition) is 3. The molecule has 1 unspecified atom stereocenters. The molecule has 0 spiro atoms. The second-order valence-electron chi connectivity index (χ2n) is 4.25. The highest BCUT2D eigenvalue weighted by molar-refractivity contribution is 5.89. The molecule has 100 valence electrons. The fourth-order valence-corrected chi connectivity index (χ4v) is 1.60. The van der Waals surface area contributed by atoms with E-state index in [1.165, 1.54) is 0 Å². The van der Waals surface area contributed by atoms with E-state index in [9.17, 15) is 4.79 Å². The predicted octanol–water partition coefficient (Wildman–Crippen LogP) is 1.75. The molecule has 6 nitrogen and oxygen atoms in total. The SMILES string of the molecule is CC(N)c1ccc(NC(=O)NCc2ncc[nH]2)cc1. The van der Waals surface area contributed by atoms with Crippen LogP contribution in [0.2, 0.25) is 0 Å². The van der Waals surface area contributed by atoms with Crippen molar-refractivity contribution in [3.8, 4) is 0 Å². The predicted molar refractivity (Wildman–Crippen MR) is 73.5 cm³/mol. The van der Waals surface area contributed by atoms with Crippen molar-refractivity contribution in [3.05, 3.63) is 48.0 Å². The first kappa shape index (κ1) is 13.1. The van der Waals surface area contributed by atoms with Crippen molar-refractivity contribution in [2.45, 2.75) is 19.5 Å². The van der Waals surface area contributed by atoms with Crippen molar-refractivity contribution < 1.29 is 4.79 Å². The van der Waals surface area contributed by atoms with E-state index in [4.69, 9.17) is 5.73 Å². The Morgan fingerprint density at radius 1 is 1.42 bits per heavy atom. The molecular weight excluding hydrogens is 242 g/mol. The van der Waals surface area contributed by atoms with Crippen LogP contribution >= 0.6 is 0 Å². The van der Waals surface area contributed by atoms with Crippen LogP contribution in [0.1, 0.15) is 24.4 Å². The first-order valence-corrected chi connectivity index (χ1v) is 6.04. The Morgan fingerprint density at radius 3 is 2.74 bits per heavy atom. The third-order valence-corrected chi connectivity index (χ3v) is 2.67. The number of hydrogen-bond donors (Lipinski definition) is 4. The summed E-state index contributed by atoms with van der Waals surface area (Å²) in [5.41, 5.74) is 7.51. The number of amides is 2. The van der Waals surface area contributed by atoms with E-state index in [1.807, 2.05) is 31.2 Å². The third kappa shape index (κ3) is 3.82. The maximum atomic E-state index is 11.6. The molecule has 0 saturated heterocycles. The van der Waals surface area contributed by atoms with Gasteiger partial charge in [0.05, 0.1) is 6.54 Å². The Balaban J connectivity index is 1.84. The van der Waals surface area contributed by atoms with Gasteiger partial charge >= 0.3 is 6.03 Å². The quantitative estimate of drug-likeness (QED) is 0.673. The molecule has 2 amide bonds. The third-order valence-electron chi connectivity index (χ3n) is 2.67. The number of carbonyl (C=O) groups is 1. The molecule has 1 aromatic carbocycles. The van der Waals surface area contributed by atoms with Gasteiger partial charge in [0.25, 0.3) is 0 Å². The molecule has 0 radical (unpaired) electrons. The Labute approximate surface area is 111 Å². The summed E-state index contributed by atoms with van der Waals surface area (Å²) in [6, 6.07) is 7.16. The van der Waals surface area contributed by atoms with Gasteiger partial charge in [-0.15, -0.1) is 0 Å². The van der Waals surface area contributed by atoms with Crippen molar-refractivity contribution >= 4 is 11.7 Å². The van der Waals surface area contributed by atoms with E-state index in [1.54, 1.807) is 12.4 Å². The van der Waals surface area contributed by atoms with Crippen molar-refractivity contribution in [2.24, 2.45) is 5.73 Å². The van der Waals surface area contributed by atoms with Crippen LogP contribution in [0, 0.1) is 0 Å². The molecule has 0 aliphatic heterocycles. The molecule has 0 aliphatic rings. The second kappa shape index (κ2) is 6.01. The lowest BCUT2D eigenvalue weighted by Crippen LogP contribution is -2.28. The topological polar surface area (TPSA) is 95.8 Å². The molecule has 6 heteroatoms. The average Bonchev–Trinajstić information content (AvgIpc) is 2.90. The van der Waals surface area contributed by atoms with Crippen LogP contribution in [-0.2, 0) is 6.54 Å². The fourth-order valence-electron chi connectivity index (χ4n) is 1.60. The van der Waals surface area contributed by atoms with Gasteiger partial charge in [-0.2, -0.15) is 0 Å². The van der Waals surface area contributed by atoms with E-state index in [0.29, 0.717) is 12.4 Å². The summed E-state index contributed by atoms with van der Waals surface area (Å²) >= 11 is 0. The number of nitrogens with one attached hydrogen (secondary N) is 3. The average molecular weight is 259 g/mol. The van der Waals surface area contributed by atoms with Gasteiger partial charge in [-0.05, 0) is 24.6 Å². The minimum atomic E-state index is -0.273. The van der Waals surface area contributed by atoms with Gasteiger partial charge in [-0.3, -0.25) is 0 Å². The number of H-pyrrole nitrogens is 1. The van der Waals surface area contributed by atoms with E-state index < -0.39 is 0 Å². The molecule has 19 heavy (non-hydrogen) atoms. The van der Waals surface area contributed by atoms with Gasteiger partial charge in [-0.25, -0.2) is 9.78 Å². The number of benzene rings is 1. The maximum Gasteiger partial charge on any atom is 0.319 e. The van der Waals surface area contributed by atoms with E-state index >= 15 is 0 Å². The summed E-state index contributed by atoms with van der Waals surface area (Å²) in [5.74, 6) is 0.711. The molecule has 0 aliphatic carbocycles. The standard InChI is InChI=1S/C13H17N5O/c1-9(14)10-2-4-11(5-3-10)18-13(19)17-8-12-15-6-7-16-12/h2-7,9H,8,14H2,1H3,(H,15,16)(H2,17,18,19). The van der Waals surface area contributed by atoms with Gasteiger partial charge in [0.15, 0.2) is 0 Å². The summed E-state index contributed by atoms with van der Waals surface area (Å²) in [5, 5.41) is 5.44. The van der Waals surface area contributed by atoms with E-state index in [2.05, 4.69) is 20.6 Å². The first-order chi connectivity index (χ1) is 9.15. The zero-order valence-corrected chi connectivity index (χ0v) is 10.7. The number of nitrogens with zero attached hydrogens (tertiary/aromatic N) is 1. The first-order valence-electron chi connectivity index (χ1n) is 6.04. The van der Waals surface area contributed by atoms with Gasteiger partial charge < -0.3 is 21.4 Å². The van der Waals surface area contributed by atoms with Crippen LogP contribution in [0.3, 0.4) is 0 Å². The van der Waals surface area contributed by atoms with Gasteiger partial charge in [0, 0.05) is 24.1 Å². The number of carbonyl (C=O) groups excluding carboxylic acids is 1. The van der Waals surface area contributed by atoms with E-state index in [-0.39, 0.29) is 12.1 Å². The zero-order chi connectivity index (χ0) is 13.7. The minimum absolute atomic E-state index is 0.0122. The van der Waals surface area contributed by atoms with Gasteiger partial charge in [0.1, 0.15) is 5.82 Å². The zero-order valence-electron chi connectivity index (χ0n) is 10.7. The Kier molecular flexibility index (Phi) is 4.15. The number of imidazole rings is 1. The highest BCUT2D eigenvalue weighted by Gasteiger charge is 2.03. The number of aromatic amines is 1. The molecule has 0 fully saturated rings. The summed E-state index contributed by atoms with van der Waals surface area (Å²) in [4.78, 5) is 18.6. The molecule has 1 aromatic heterocycles. The molecule has 1 heterocycles. The Hall–Kier alpha value is -2.34. The Morgan fingerprint density at radius 2 is 2.16 bits per heavy atom. The second-order valence-corrected chi connectivity index (χ2v) is 4.25. The van der Waals surface area contributed by atoms with Crippen LogP contribution in [0.5, 0.6) is 0 Å². The van der Waals surface area contributed by atoms with E-state index in [0.717, 1.165) is 11.3 Å². The highest BCUT2D eigenvalue weighted by Crippen LogP contribution is 2.13. The van der Waals surface area contributed by atoms with Crippen molar-refractivity contribution in [1.29, 1.82) is 0 Å². The monoisotopic (exact) mass is 259 g/mol. The number of aromatic nitrogens is 2. The minimum Gasteiger partial charge on any atom is -0.347 e. The van der Waals surface area contributed by atoms with Gasteiger partial charge in [0.2, 0.25) is 0 Å². The summed E-state index contributed by atoms with van der Waals surface area (Å²) in [7, 11) is 0. The van der Waals surface area contributed by atoms with Crippen LogP contribution in [0.4, 0.5) is 10.5 Å². The maximum absolute atomic E-state index is 11.6. The van der Waals surface area contributed by atoms with Gasteiger partial charge in [-0.1, -0.05) is 12.1 Å². The number of nitrogens with two attached hydrogens (primary N) is 1.